The molecule has 1 saturated carbocycles. The fraction of sp³-hybridized carbons (Fsp3) is 0.267. The Bertz CT molecular complexity index is 684. The zero-order valence-electron chi connectivity index (χ0n) is 10.7. The summed E-state index contributed by atoms with van der Waals surface area (Å²) in [6, 6.07) is 12.1. The molecule has 3 atom stereocenters. The van der Waals surface area contributed by atoms with Gasteiger partial charge in [0, 0.05) is 18.0 Å². The number of benzene rings is 1. The quantitative estimate of drug-likeness (QED) is 0.685. The molecule has 0 spiro atoms. The molecular formula is C15H13N3O2. The van der Waals surface area contributed by atoms with Crippen molar-refractivity contribution in [2.75, 3.05) is 5.32 Å². The highest BCUT2D eigenvalue weighted by Gasteiger charge is 2.55. The molecule has 0 aliphatic heterocycles. The number of nitrogens with zero attached hydrogens (tertiary/aromatic N) is 2. The van der Waals surface area contributed by atoms with Gasteiger partial charge in [-0.1, -0.05) is 24.3 Å². The SMILES string of the molecule is O=[N+]([O-])c1ccc(N[C@@H]2[C@H]3Cc4ccccc4[C@H]32)nc1. The standard InChI is InChI=1S/C15H13N3O2/c19-18(20)10-5-6-13(16-8-10)17-15-12-7-9-3-1-2-4-11(9)14(12)15/h1-6,8,12,14-15H,7H2,(H,16,17)/t12-,14+,15+/m0/s1. The maximum Gasteiger partial charge on any atom is 0.287 e. The molecule has 5 heteroatoms. The van der Waals surface area contributed by atoms with Gasteiger partial charge < -0.3 is 5.32 Å². The molecule has 100 valence electrons. The summed E-state index contributed by atoms with van der Waals surface area (Å²) < 4.78 is 0. The maximum atomic E-state index is 10.6. The Morgan fingerprint density at radius 3 is 2.85 bits per heavy atom. The smallest absolute Gasteiger partial charge is 0.287 e. The number of anilines is 1. The van der Waals surface area contributed by atoms with Gasteiger partial charge in [0.05, 0.1) is 4.92 Å². The van der Waals surface area contributed by atoms with Crippen molar-refractivity contribution in [3.63, 3.8) is 0 Å². The molecule has 0 radical (unpaired) electrons. The molecule has 1 fully saturated rings. The summed E-state index contributed by atoms with van der Waals surface area (Å²) in [4.78, 5) is 14.3. The molecule has 5 nitrogen and oxygen atoms in total. The molecule has 0 unspecified atom stereocenters. The van der Waals surface area contributed by atoms with Crippen LogP contribution in [0.25, 0.3) is 0 Å². The van der Waals surface area contributed by atoms with Crippen LogP contribution in [0.15, 0.2) is 42.6 Å². The Labute approximate surface area is 115 Å². The number of fused-ring (bicyclic) bond motifs is 3. The lowest BCUT2D eigenvalue weighted by Gasteiger charge is -2.09. The Balaban J connectivity index is 1.49. The zero-order valence-corrected chi connectivity index (χ0v) is 10.7. The molecule has 0 amide bonds. The first kappa shape index (κ1) is 11.4. The maximum absolute atomic E-state index is 10.6. The highest BCUT2D eigenvalue weighted by atomic mass is 16.6. The van der Waals surface area contributed by atoms with Gasteiger partial charge in [0.25, 0.3) is 5.69 Å². The first-order valence-corrected chi connectivity index (χ1v) is 6.69. The normalized spacial score (nSPS) is 25.7. The van der Waals surface area contributed by atoms with Gasteiger partial charge in [-0.15, -0.1) is 0 Å². The van der Waals surface area contributed by atoms with Crippen LogP contribution in [0.4, 0.5) is 11.5 Å². The van der Waals surface area contributed by atoms with Crippen LogP contribution in [0.5, 0.6) is 0 Å². The van der Waals surface area contributed by atoms with Gasteiger partial charge in [-0.3, -0.25) is 10.1 Å². The van der Waals surface area contributed by atoms with Crippen LogP contribution in [-0.2, 0) is 6.42 Å². The zero-order chi connectivity index (χ0) is 13.7. The van der Waals surface area contributed by atoms with Crippen LogP contribution in [0.3, 0.4) is 0 Å². The van der Waals surface area contributed by atoms with Crippen molar-refractivity contribution in [1.29, 1.82) is 0 Å². The van der Waals surface area contributed by atoms with E-state index < -0.39 is 4.92 Å². The van der Waals surface area contributed by atoms with E-state index >= 15 is 0 Å². The van der Waals surface area contributed by atoms with Crippen LogP contribution in [-0.4, -0.2) is 15.9 Å². The third-order valence-electron chi connectivity index (χ3n) is 4.31. The fourth-order valence-electron chi connectivity index (χ4n) is 3.30. The molecule has 2 aliphatic carbocycles. The lowest BCUT2D eigenvalue weighted by Crippen LogP contribution is -2.10. The Kier molecular flexibility index (Phi) is 2.30. The van der Waals surface area contributed by atoms with Gasteiger partial charge in [-0.25, -0.2) is 4.98 Å². The highest BCUT2D eigenvalue weighted by Crippen LogP contribution is 2.57. The molecule has 2 aliphatic rings. The van der Waals surface area contributed by atoms with Crippen molar-refractivity contribution in [2.45, 2.75) is 18.4 Å². The largest absolute Gasteiger partial charge is 0.366 e. The van der Waals surface area contributed by atoms with Crippen molar-refractivity contribution < 1.29 is 4.92 Å². The minimum absolute atomic E-state index is 0.0249. The molecule has 4 rings (SSSR count). The number of nitro groups is 1. The van der Waals surface area contributed by atoms with Crippen LogP contribution in [0.1, 0.15) is 17.0 Å². The Morgan fingerprint density at radius 2 is 2.10 bits per heavy atom. The predicted octanol–water partition coefficient (Wildman–Crippen LogP) is 2.74. The summed E-state index contributed by atoms with van der Waals surface area (Å²) in [5.74, 6) is 1.93. The van der Waals surface area contributed by atoms with Crippen molar-refractivity contribution in [3.05, 3.63) is 63.8 Å². The molecule has 1 aromatic carbocycles. The number of hydrogen-bond acceptors (Lipinski definition) is 4. The number of hydrogen-bond donors (Lipinski definition) is 1. The van der Waals surface area contributed by atoms with E-state index in [2.05, 4.69) is 34.6 Å². The number of nitrogens with one attached hydrogen (secondary N) is 1. The third-order valence-corrected chi connectivity index (χ3v) is 4.31. The van der Waals surface area contributed by atoms with Gasteiger partial charge in [0.2, 0.25) is 0 Å². The van der Waals surface area contributed by atoms with E-state index in [-0.39, 0.29) is 5.69 Å². The molecule has 1 heterocycles. The number of rotatable bonds is 3. The molecular weight excluding hydrogens is 254 g/mol. The summed E-state index contributed by atoms with van der Waals surface area (Å²) in [6.07, 6.45) is 2.42. The molecule has 2 aromatic rings. The van der Waals surface area contributed by atoms with Crippen LogP contribution < -0.4 is 5.32 Å². The van der Waals surface area contributed by atoms with Gasteiger partial charge >= 0.3 is 0 Å². The Morgan fingerprint density at radius 1 is 1.25 bits per heavy atom. The molecule has 20 heavy (non-hydrogen) atoms. The minimum atomic E-state index is -0.432. The van der Waals surface area contributed by atoms with E-state index in [4.69, 9.17) is 0 Å². The van der Waals surface area contributed by atoms with Gasteiger partial charge in [0.1, 0.15) is 12.0 Å². The molecule has 0 bridgehead atoms. The van der Waals surface area contributed by atoms with Crippen molar-refractivity contribution in [3.8, 4) is 0 Å². The van der Waals surface area contributed by atoms with Crippen LogP contribution in [0.2, 0.25) is 0 Å². The number of pyridine rings is 1. The van der Waals surface area contributed by atoms with E-state index in [1.807, 2.05) is 0 Å². The van der Waals surface area contributed by atoms with Crippen LogP contribution >= 0.6 is 0 Å². The van der Waals surface area contributed by atoms with E-state index in [9.17, 15) is 10.1 Å². The van der Waals surface area contributed by atoms with E-state index in [1.165, 1.54) is 23.4 Å². The summed E-state index contributed by atoms with van der Waals surface area (Å²) in [5.41, 5.74) is 2.92. The van der Waals surface area contributed by atoms with Gasteiger partial charge in [0.15, 0.2) is 0 Å². The minimum Gasteiger partial charge on any atom is -0.366 e. The van der Waals surface area contributed by atoms with E-state index in [0.717, 1.165) is 6.42 Å². The lowest BCUT2D eigenvalue weighted by molar-refractivity contribution is -0.385. The average molecular weight is 267 g/mol. The second-order valence-corrected chi connectivity index (χ2v) is 5.42. The third kappa shape index (κ3) is 1.66. The topological polar surface area (TPSA) is 68.1 Å². The van der Waals surface area contributed by atoms with Crippen molar-refractivity contribution >= 4 is 11.5 Å². The lowest BCUT2D eigenvalue weighted by atomic mass is 10.1. The second-order valence-electron chi connectivity index (χ2n) is 5.42. The highest BCUT2D eigenvalue weighted by molar-refractivity contribution is 5.51. The summed E-state index contributed by atoms with van der Waals surface area (Å²) in [5, 5.41) is 14.0. The van der Waals surface area contributed by atoms with Gasteiger partial charge in [-0.2, -0.15) is 0 Å². The summed E-state index contributed by atoms with van der Waals surface area (Å²) >= 11 is 0. The molecule has 1 aromatic heterocycles. The van der Waals surface area contributed by atoms with Gasteiger partial charge in [-0.05, 0) is 29.5 Å². The fourth-order valence-corrected chi connectivity index (χ4v) is 3.30. The molecule has 1 N–H and O–H groups in total. The summed E-state index contributed by atoms with van der Waals surface area (Å²) in [6.45, 7) is 0. The second kappa shape index (κ2) is 4.03. The molecule has 0 saturated heterocycles. The average Bonchev–Trinajstić information content (AvgIpc) is 2.97. The first-order valence-electron chi connectivity index (χ1n) is 6.69. The summed E-state index contributed by atoms with van der Waals surface area (Å²) in [7, 11) is 0. The monoisotopic (exact) mass is 267 g/mol. The van der Waals surface area contributed by atoms with Crippen LogP contribution in [0, 0.1) is 16.0 Å². The number of aromatic nitrogens is 1. The van der Waals surface area contributed by atoms with E-state index in [0.29, 0.717) is 23.7 Å². The van der Waals surface area contributed by atoms with Crippen molar-refractivity contribution in [2.24, 2.45) is 5.92 Å². The predicted molar refractivity (Wildman–Crippen MR) is 74.7 cm³/mol. The Hall–Kier alpha value is -2.43. The first-order chi connectivity index (χ1) is 9.74. The van der Waals surface area contributed by atoms with Crippen molar-refractivity contribution in [1.82, 2.24) is 4.98 Å². The van der Waals surface area contributed by atoms with E-state index in [1.54, 1.807) is 6.07 Å².